The van der Waals surface area contributed by atoms with Crippen LogP contribution < -0.4 is 0 Å². The maximum absolute atomic E-state index is 10.9. The van der Waals surface area contributed by atoms with Gasteiger partial charge in [-0.25, -0.2) is 4.79 Å². The molecule has 0 bridgehead atoms. The van der Waals surface area contributed by atoms with E-state index in [-0.39, 0.29) is 0 Å². The Morgan fingerprint density at radius 1 is 1.47 bits per heavy atom. The van der Waals surface area contributed by atoms with Gasteiger partial charge in [0.15, 0.2) is 0 Å². The Morgan fingerprint density at radius 3 is 3.13 bits per heavy atom. The number of hydrogen-bond donors (Lipinski definition) is 1. The molecule has 2 aromatic rings. The second kappa shape index (κ2) is 3.11. The van der Waals surface area contributed by atoms with Crippen LogP contribution in [0.15, 0.2) is 6.07 Å². The average Bonchev–Trinajstić information content (AvgIpc) is 2.82. The largest absolute Gasteiger partial charge is 0.477 e. The van der Waals surface area contributed by atoms with Gasteiger partial charge in [-0.1, -0.05) is 4.49 Å². The molecular formula is C9H6N2O2S2. The lowest BCUT2D eigenvalue weighted by atomic mass is 10.0. The predicted molar refractivity (Wildman–Crippen MR) is 57.6 cm³/mol. The number of carboxylic acids is 1. The smallest absolute Gasteiger partial charge is 0.345 e. The van der Waals surface area contributed by atoms with E-state index in [4.69, 9.17) is 5.11 Å². The van der Waals surface area contributed by atoms with E-state index >= 15 is 0 Å². The number of carboxylic acid groups (broad SMARTS) is 1. The summed E-state index contributed by atoms with van der Waals surface area (Å²) in [6.07, 6.45) is 1.75. The van der Waals surface area contributed by atoms with Gasteiger partial charge in [0, 0.05) is 10.4 Å². The highest BCUT2D eigenvalue weighted by molar-refractivity contribution is 7.15. The molecule has 4 nitrogen and oxygen atoms in total. The predicted octanol–water partition coefficient (Wildman–Crippen LogP) is 2.06. The summed E-state index contributed by atoms with van der Waals surface area (Å²) in [5.74, 6) is -0.853. The molecule has 2 aromatic heterocycles. The van der Waals surface area contributed by atoms with E-state index < -0.39 is 5.97 Å². The minimum atomic E-state index is -0.853. The van der Waals surface area contributed by atoms with Gasteiger partial charge in [-0.2, -0.15) is 0 Å². The summed E-state index contributed by atoms with van der Waals surface area (Å²) >= 11 is 2.71. The first kappa shape index (κ1) is 8.99. The van der Waals surface area contributed by atoms with Crippen LogP contribution in [0.25, 0.3) is 10.4 Å². The monoisotopic (exact) mass is 238 g/mol. The normalized spacial score (nSPS) is 13.3. The fourth-order valence-corrected chi connectivity index (χ4v) is 3.54. The van der Waals surface area contributed by atoms with Crippen molar-refractivity contribution in [3.05, 3.63) is 21.5 Å². The molecule has 1 aliphatic rings. The zero-order valence-corrected chi connectivity index (χ0v) is 9.19. The molecule has 1 aliphatic carbocycles. The molecule has 76 valence electrons. The molecule has 2 heterocycles. The third-order valence-corrected chi connectivity index (χ3v) is 4.39. The van der Waals surface area contributed by atoms with Crippen molar-refractivity contribution in [2.75, 3.05) is 0 Å². The number of nitrogens with zero attached hydrogens (tertiary/aromatic N) is 2. The zero-order chi connectivity index (χ0) is 10.4. The highest BCUT2D eigenvalue weighted by Crippen LogP contribution is 2.39. The minimum absolute atomic E-state index is 0.404. The Hall–Kier alpha value is -1.27. The molecule has 0 radical (unpaired) electrons. The lowest BCUT2D eigenvalue weighted by Crippen LogP contribution is -1.98. The molecule has 0 amide bonds. The maximum atomic E-state index is 10.9. The summed E-state index contributed by atoms with van der Waals surface area (Å²) in [6, 6.07) is 1.74. The lowest BCUT2D eigenvalue weighted by Gasteiger charge is -2.07. The van der Waals surface area contributed by atoms with Gasteiger partial charge in [0.1, 0.15) is 4.88 Å². The molecule has 0 atom stereocenters. The van der Waals surface area contributed by atoms with E-state index in [1.54, 1.807) is 6.07 Å². The molecule has 15 heavy (non-hydrogen) atoms. The van der Waals surface area contributed by atoms with Gasteiger partial charge in [0.05, 0.1) is 10.6 Å². The van der Waals surface area contributed by atoms with Crippen LogP contribution in [0.2, 0.25) is 0 Å². The van der Waals surface area contributed by atoms with Gasteiger partial charge in [0.2, 0.25) is 0 Å². The Bertz CT molecular complexity index is 544. The molecule has 3 rings (SSSR count). The number of aromatic carboxylic acids is 1. The fourth-order valence-electron chi connectivity index (χ4n) is 1.72. The van der Waals surface area contributed by atoms with Gasteiger partial charge in [-0.05, 0) is 30.4 Å². The standard InChI is InChI=1S/C9H6N2O2S2/c12-9(13)7-3-4-6(14-7)2-1-5-8(4)15-11-10-5/h3H,1-2H2,(H,12,13). The van der Waals surface area contributed by atoms with E-state index in [9.17, 15) is 4.79 Å². The van der Waals surface area contributed by atoms with Crippen molar-refractivity contribution >= 4 is 28.8 Å². The fraction of sp³-hybridized carbons (Fsp3) is 0.222. The van der Waals surface area contributed by atoms with Crippen LogP contribution in [0.5, 0.6) is 0 Å². The molecule has 0 aliphatic heterocycles. The summed E-state index contributed by atoms with van der Waals surface area (Å²) in [5, 5.41) is 13.0. The van der Waals surface area contributed by atoms with E-state index in [2.05, 4.69) is 9.59 Å². The van der Waals surface area contributed by atoms with Crippen molar-refractivity contribution in [2.24, 2.45) is 0 Å². The average molecular weight is 238 g/mol. The minimum Gasteiger partial charge on any atom is -0.477 e. The molecular weight excluding hydrogens is 232 g/mol. The van der Waals surface area contributed by atoms with Crippen molar-refractivity contribution in [2.45, 2.75) is 12.8 Å². The molecule has 6 heteroatoms. The summed E-state index contributed by atoms with van der Waals surface area (Å²) in [6.45, 7) is 0. The quantitative estimate of drug-likeness (QED) is 0.826. The highest BCUT2D eigenvalue weighted by Gasteiger charge is 2.23. The van der Waals surface area contributed by atoms with Crippen LogP contribution in [-0.4, -0.2) is 20.7 Å². The third kappa shape index (κ3) is 1.29. The first-order valence-electron chi connectivity index (χ1n) is 4.43. The first-order valence-corrected chi connectivity index (χ1v) is 6.02. The molecule has 0 aromatic carbocycles. The lowest BCUT2D eigenvalue weighted by molar-refractivity contribution is 0.0702. The van der Waals surface area contributed by atoms with Crippen LogP contribution >= 0.6 is 22.9 Å². The van der Waals surface area contributed by atoms with E-state index in [0.29, 0.717) is 4.88 Å². The van der Waals surface area contributed by atoms with Gasteiger partial charge >= 0.3 is 5.97 Å². The zero-order valence-electron chi connectivity index (χ0n) is 7.56. The summed E-state index contributed by atoms with van der Waals surface area (Å²) in [5.41, 5.74) is 2.02. The second-order valence-electron chi connectivity index (χ2n) is 3.30. The Kier molecular flexibility index (Phi) is 1.86. The van der Waals surface area contributed by atoms with E-state index in [0.717, 1.165) is 33.9 Å². The number of carbonyl (C=O) groups is 1. The van der Waals surface area contributed by atoms with Crippen molar-refractivity contribution in [3.63, 3.8) is 0 Å². The topological polar surface area (TPSA) is 63.1 Å². The molecule has 1 N–H and O–H groups in total. The van der Waals surface area contributed by atoms with Gasteiger partial charge in [0.25, 0.3) is 0 Å². The summed E-state index contributed by atoms with van der Waals surface area (Å²) < 4.78 is 3.91. The van der Waals surface area contributed by atoms with Gasteiger partial charge in [-0.3, -0.25) is 0 Å². The highest BCUT2D eigenvalue weighted by atomic mass is 32.1. The second-order valence-corrected chi connectivity index (χ2v) is 5.19. The maximum Gasteiger partial charge on any atom is 0.345 e. The van der Waals surface area contributed by atoms with E-state index in [1.165, 1.54) is 22.9 Å². The number of thiophene rings is 1. The van der Waals surface area contributed by atoms with E-state index in [1.807, 2.05) is 0 Å². The molecule has 0 unspecified atom stereocenters. The number of hydrogen-bond acceptors (Lipinski definition) is 5. The van der Waals surface area contributed by atoms with Crippen molar-refractivity contribution in [1.29, 1.82) is 0 Å². The molecule has 0 saturated heterocycles. The van der Waals surface area contributed by atoms with Crippen molar-refractivity contribution in [3.8, 4) is 10.4 Å². The molecule has 0 spiro atoms. The molecule has 0 fully saturated rings. The number of fused-ring (bicyclic) bond motifs is 3. The van der Waals surface area contributed by atoms with Crippen molar-refractivity contribution < 1.29 is 9.90 Å². The first-order chi connectivity index (χ1) is 7.25. The van der Waals surface area contributed by atoms with Gasteiger partial charge in [-0.15, -0.1) is 16.4 Å². The molecule has 0 saturated carbocycles. The van der Waals surface area contributed by atoms with Crippen LogP contribution in [0, 0.1) is 0 Å². The summed E-state index contributed by atoms with van der Waals surface area (Å²) in [4.78, 5) is 13.4. The Morgan fingerprint density at radius 2 is 2.33 bits per heavy atom. The third-order valence-electron chi connectivity index (χ3n) is 2.41. The summed E-state index contributed by atoms with van der Waals surface area (Å²) in [7, 11) is 0. The van der Waals surface area contributed by atoms with Crippen LogP contribution in [0.1, 0.15) is 20.2 Å². The van der Waals surface area contributed by atoms with Crippen LogP contribution in [-0.2, 0) is 12.8 Å². The number of aromatic nitrogens is 2. The van der Waals surface area contributed by atoms with Crippen LogP contribution in [0.4, 0.5) is 0 Å². The van der Waals surface area contributed by atoms with Crippen LogP contribution in [0.3, 0.4) is 0 Å². The Balaban J connectivity index is 2.20. The van der Waals surface area contributed by atoms with Gasteiger partial charge < -0.3 is 5.11 Å². The SMILES string of the molecule is O=C(O)c1cc2c(s1)CCc1nnsc1-2. The van der Waals surface area contributed by atoms with Crippen molar-refractivity contribution in [1.82, 2.24) is 9.59 Å². The Labute approximate surface area is 93.4 Å². The number of rotatable bonds is 1. The number of aryl methyl sites for hydroxylation is 2.